The summed E-state index contributed by atoms with van der Waals surface area (Å²) in [6, 6.07) is 23.6. The van der Waals surface area contributed by atoms with Gasteiger partial charge in [-0.05, 0) is 67.4 Å². The third kappa shape index (κ3) is 4.26. The van der Waals surface area contributed by atoms with E-state index in [2.05, 4.69) is 60.1 Å². The summed E-state index contributed by atoms with van der Waals surface area (Å²) in [6.45, 7) is 4.16. The summed E-state index contributed by atoms with van der Waals surface area (Å²) in [5.74, 6) is -0.506. The lowest BCUT2D eigenvalue weighted by Gasteiger charge is -2.11. The van der Waals surface area contributed by atoms with Crippen molar-refractivity contribution in [3.8, 4) is 16.8 Å². The molecule has 32 heavy (non-hydrogen) atoms. The molecule has 1 amide bonds. The number of aromatic nitrogens is 1. The van der Waals surface area contributed by atoms with E-state index in [1.807, 2.05) is 12.1 Å². The zero-order valence-corrected chi connectivity index (χ0v) is 18.3. The number of amides is 1. The van der Waals surface area contributed by atoms with Gasteiger partial charge in [-0.25, -0.2) is 0 Å². The van der Waals surface area contributed by atoms with Crippen LogP contribution in [0.25, 0.3) is 16.8 Å². The summed E-state index contributed by atoms with van der Waals surface area (Å²) in [5.41, 5.74) is 5.95. The molecule has 0 fully saturated rings. The molecule has 4 aromatic rings. The van der Waals surface area contributed by atoms with E-state index in [1.54, 1.807) is 12.1 Å². The molecule has 0 aliphatic rings. The molecule has 0 bridgehead atoms. The molecule has 160 valence electrons. The zero-order valence-electron chi connectivity index (χ0n) is 17.5. The number of nitrogens with one attached hydrogen (secondary N) is 1. The van der Waals surface area contributed by atoms with Gasteiger partial charge >= 0.3 is 0 Å². The highest BCUT2D eigenvalue weighted by atomic mass is 35.5. The van der Waals surface area contributed by atoms with Crippen LogP contribution < -0.4 is 5.32 Å². The van der Waals surface area contributed by atoms with E-state index in [-0.39, 0.29) is 16.3 Å². The Kier molecular flexibility index (Phi) is 5.79. The number of anilines is 1. The van der Waals surface area contributed by atoms with E-state index < -0.39 is 10.8 Å². The number of carbonyl (C=O) groups is 1. The molecule has 0 aliphatic carbocycles. The van der Waals surface area contributed by atoms with Crippen molar-refractivity contribution in [2.45, 2.75) is 13.8 Å². The van der Waals surface area contributed by atoms with Crippen LogP contribution in [0, 0.1) is 24.0 Å². The first kappa shape index (κ1) is 21.3. The fraction of sp³-hybridized carbons (Fsp3) is 0.0800. The molecule has 7 heteroatoms. The summed E-state index contributed by atoms with van der Waals surface area (Å²) in [4.78, 5) is 23.0. The van der Waals surface area contributed by atoms with E-state index in [0.29, 0.717) is 5.69 Å². The molecule has 6 nitrogen and oxygen atoms in total. The van der Waals surface area contributed by atoms with Crippen LogP contribution in [0.15, 0.2) is 78.9 Å². The van der Waals surface area contributed by atoms with Crippen molar-refractivity contribution in [1.82, 2.24) is 4.57 Å². The van der Waals surface area contributed by atoms with Gasteiger partial charge < -0.3 is 9.88 Å². The van der Waals surface area contributed by atoms with Crippen LogP contribution in [0.1, 0.15) is 21.7 Å². The van der Waals surface area contributed by atoms with Gasteiger partial charge in [-0.1, -0.05) is 35.9 Å². The van der Waals surface area contributed by atoms with E-state index in [4.69, 9.17) is 11.6 Å². The maximum absolute atomic E-state index is 12.5. The quantitative estimate of drug-likeness (QED) is 0.278. The van der Waals surface area contributed by atoms with Gasteiger partial charge in [0.15, 0.2) is 0 Å². The predicted octanol–water partition coefficient (Wildman–Crippen LogP) is 6.58. The highest BCUT2D eigenvalue weighted by Crippen LogP contribution is 2.26. The second-order valence-electron chi connectivity index (χ2n) is 7.45. The summed E-state index contributed by atoms with van der Waals surface area (Å²) >= 11 is 6.05. The smallest absolute Gasteiger partial charge is 0.270 e. The van der Waals surface area contributed by atoms with E-state index in [1.165, 1.54) is 29.6 Å². The number of hydrogen-bond donors (Lipinski definition) is 1. The van der Waals surface area contributed by atoms with Crippen LogP contribution in [0.2, 0.25) is 5.02 Å². The highest BCUT2D eigenvalue weighted by molar-refractivity contribution is 6.34. The lowest BCUT2D eigenvalue weighted by Crippen LogP contribution is -2.12. The van der Waals surface area contributed by atoms with Crippen molar-refractivity contribution in [2.75, 3.05) is 5.32 Å². The molecule has 0 atom stereocenters. The molecule has 0 saturated heterocycles. The minimum atomic E-state index is -0.563. The Morgan fingerprint density at radius 2 is 1.44 bits per heavy atom. The van der Waals surface area contributed by atoms with Crippen LogP contribution >= 0.6 is 11.6 Å². The van der Waals surface area contributed by atoms with Gasteiger partial charge in [0.1, 0.15) is 0 Å². The van der Waals surface area contributed by atoms with Crippen molar-refractivity contribution < 1.29 is 9.72 Å². The molecule has 4 rings (SSSR count). The van der Waals surface area contributed by atoms with Gasteiger partial charge in [0.25, 0.3) is 11.6 Å². The van der Waals surface area contributed by atoms with Crippen LogP contribution in [0.5, 0.6) is 0 Å². The molecule has 0 unspecified atom stereocenters. The Morgan fingerprint density at radius 3 is 2.00 bits per heavy atom. The topological polar surface area (TPSA) is 77.2 Å². The lowest BCUT2D eigenvalue weighted by molar-refractivity contribution is -0.384. The van der Waals surface area contributed by atoms with Gasteiger partial charge in [-0.2, -0.15) is 0 Å². The van der Waals surface area contributed by atoms with Crippen molar-refractivity contribution in [1.29, 1.82) is 0 Å². The Hall–Kier alpha value is -3.90. The molecule has 1 N–H and O–H groups in total. The Labute approximate surface area is 190 Å². The SMILES string of the molecule is Cc1ccc(C)n1-c1ccc(-c2ccc(NC(=O)c3cc([N+](=O)[O-])ccc3Cl)cc2)cc1. The second-order valence-corrected chi connectivity index (χ2v) is 7.86. The fourth-order valence-corrected chi connectivity index (χ4v) is 3.83. The maximum atomic E-state index is 12.5. The summed E-state index contributed by atoms with van der Waals surface area (Å²) in [7, 11) is 0. The minimum Gasteiger partial charge on any atom is -0.322 e. The van der Waals surface area contributed by atoms with Gasteiger partial charge in [0.05, 0.1) is 15.5 Å². The number of non-ortho nitro benzene ring substituents is 1. The molecular formula is C25H20ClN3O3. The van der Waals surface area contributed by atoms with Crippen LogP contribution in [0.3, 0.4) is 0 Å². The van der Waals surface area contributed by atoms with Gasteiger partial charge in [-0.3, -0.25) is 14.9 Å². The number of rotatable bonds is 5. The minimum absolute atomic E-state index is 0.0520. The van der Waals surface area contributed by atoms with Crippen molar-refractivity contribution >= 4 is 28.9 Å². The number of nitro groups is 1. The first-order valence-electron chi connectivity index (χ1n) is 9.94. The number of aryl methyl sites for hydroxylation is 2. The Morgan fingerprint density at radius 1 is 0.875 bits per heavy atom. The number of nitro benzene ring substituents is 1. The predicted molar refractivity (Wildman–Crippen MR) is 127 cm³/mol. The summed E-state index contributed by atoms with van der Waals surface area (Å²) in [6.07, 6.45) is 0. The molecule has 3 aromatic carbocycles. The van der Waals surface area contributed by atoms with Crippen LogP contribution in [-0.2, 0) is 0 Å². The summed E-state index contributed by atoms with van der Waals surface area (Å²) in [5, 5.41) is 13.9. The van der Waals surface area contributed by atoms with Crippen LogP contribution in [0.4, 0.5) is 11.4 Å². The highest BCUT2D eigenvalue weighted by Gasteiger charge is 2.16. The Bertz CT molecular complexity index is 1290. The number of halogens is 1. The number of carbonyl (C=O) groups excluding carboxylic acids is 1. The number of hydrogen-bond acceptors (Lipinski definition) is 3. The zero-order chi connectivity index (χ0) is 22.8. The molecule has 0 spiro atoms. The second kappa shape index (κ2) is 8.69. The fourth-order valence-electron chi connectivity index (χ4n) is 3.62. The first-order valence-corrected chi connectivity index (χ1v) is 10.3. The van der Waals surface area contributed by atoms with Crippen molar-refractivity contribution in [2.24, 2.45) is 0 Å². The average molecular weight is 446 g/mol. The third-order valence-corrected chi connectivity index (χ3v) is 5.61. The van der Waals surface area contributed by atoms with Crippen molar-refractivity contribution in [3.05, 3.63) is 111 Å². The number of benzene rings is 3. The first-order chi connectivity index (χ1) is 15.3. The molecule has 1 heterocycles. The molecule has 1 aromatic heterocycles. The van der Waals surface area contributed by atoms with E-state index >= 15 is 0 Å². The van der Waals surface area contributed by atoms with Crippen molar-refractivity contribution in [3.63, 3.8) is 0 Å². The monoisotopic (exact) mass is 445 g/mol. The molecule has 0 saturated carbocycles. The summed E-state index contributed by atoms with van der Waals surface area (Å²) < 4.78 is 2.20. The number of nitrogens with zero attached hydrogens (tertiary/aromatic N) is 2. The van der Waals surface area contributed by atoms with E-state index in [0.717, 1.165) is 16.8 Å². The lowest BCUT2D eigenvalue weighted by atomic mass is 10.0. The largest absolute Gasteiger partial charge is 0.322 e. The maximum Gasteiger partial charge on any atom is 0.270 e. The van der Waals surface area contributed by atoms with Gasteiger partial charge in [-0.15, -0.1) is 0 Å². The third-order valence-electron chi connectivity index (χ3n) is 5.28. The average Bonchev–Trinajstić information content (AvgIpc) is 3.12. The van der Waals surface area contributed by atoms with Gasteiger partial charge in [0.2, 0.25) is 0 Å². The normalized spacial score (nSPS) is 10.7. The van der Waals surface area contributed by atoms with Crippen LogP contribution in [-0.4, -0.2) is 15.4 Å². The standard InChI is InChI=1S/C25H20ClN3O3/c1-16-3-4-17(2)28(16)21-11-7-19(8-12-21)18-5-9-20(10-6-18)27-25(30)23-15-22(29(31)32)13-14-24(23)26/h3-15H,1-2H3,(H,27,30). The molecule has 0 radical (unpaired) electrons. The van der Waals surface area contributed by atoms with E-state index in [9.17, 15) is 14.9 Å². The molecule has 0 aliphatic heterocycles. The van der Waals surface area contributed by atoms with Gasteiger partial charge in [0, 0.05) is 34.9 Å². The Balaban J connectivity index is 1.51. The molecular weight excluding hydrogens is 426 g/mol.